The summed E-state index contributed by atoms with van der Waals surface area (Å²) in [5.74, 6) is 0.352. The van der Waals surface area contributed by atoms with E-state index in [4.69, 9.17) is 21.1 Å². The van der Waals surface area contributed by atoms with Gasteiger partial charge in [0.15, 0.2) is 0 Å². The second-order valence-electron chi connectivity index (χ2n) is 9.61. The number of hydrogen-bond acceptors (Lipinski definition) is 8. The topological polar surface area (TPSA) is 134 Å². The zero-order chi connectivity index (χ0) is 27.4. The van der Waals surface area contributed by atoms with Gasteiger partial charge in [0, 0.05) is 43.3 Å². The van der Waals surface area contributed by atoms with Crippen LogP contribution in [0, 0.1) is 0 Å². The van der Waals surface area contributed by atoms with Crippen molar-refractivity contribution in [3.05, 3.63) is 53.6 Å². The highest BCUT2D eigenvalue weighted by molar-refractivity contribution is 7.89. The predicted molar refractivity (Wildman–Crippen MR) is 143 cm³/mol. The normalized spacial score (nSPS) is 21.0. The van der Waals surface area contributed by atoms with Gasteiger partial charge in [-0.25, -0.2) is 21.6 Å². The van der Waals surface area contributed by atoms with Crippen molar-refractivity contribution in [2.24, 2.45) is 0 Å². The molecule has 4 rings (SSSR count). The second-order valence-corrected chi connectivity index (χ2v) is 13.7. The zero-order valence-corrected chi connectivity index (χ0v) is 23.6. The van der Waals surface area contributed by atoms with Gasteiger partial charge in [0.2, 0.25) is 20.0 Å². The van der Waals surface area contributed by atoms with Crippen molar-refractivity contribution in [3.63, 3.8) is 0 Å². The quantitative estimate of drug-likeness (QED) is 0.363. The van der Waals surface area contributed by atoms with Crippen LogP contribution in [0.25, 0.3) is 0 Å². The molecule has 2 saturated heterocycles. The molecule has 0 radical (unpaired) electrons. The largest absolute Gasteiger partial charge is 0.491 e. The number of piperidine rings is 1. The van der Waals surface area contributed by atoms with Gasteiger partial charge in [0.05, 0.1) is 22.0 Å². The van der Waals surface area contributed by atoms with Gasteiger partial charge in [-0.1, -0.05) is 30.7 Å². The van der Waals surface area contributed by atoms with E-state index < -0.39 is 31.8 Å². The Kier molecular flexibility index (Phi) is 9.36. The van der Waals surface area contributed by atoms with Gasteiger partial charge in [-0.3, -0.25) is 0 Å². The van der Waals surface area contributed by atoms with E-state index in [1.54, 1.807) is 37.3 Å². The smallest absolute Gasteiger partial charge is 0.243 e. The maximum atomic E-state index is 13.0. The van der Waals surface area contributed by atoms with Crippen molar-refractivity contribution in [2.45, 2.75) is 53.7 Å². The van der Waals surface area contributed by atoms with Gasteiger partial charge in [0.25, 0.3) is 0 Å². The van der Waals surface area contributed by atoms with Crippen LogP contribution in [0.15, 0.2) is 58.3 Å². The molecule has 1 spiro atoms. The summed E-state index contributed by atoms with van der Waals surface area (Å²) in [7, 11) is -7.21. The number of nitrogens with one attached hydrogen (secondary N) is 2. The fourth-order valence-electron chi connectivity index (χ4n) is 4.79. The van der Waals surface area contributed by atoms with Gasteiger partial charge < -0.3 is 19.9 Å². The summed E-state index contributed by atoms with van der Waals surface area (Å²) in [6.45, 7) is 3.44. The van der Waals surface area contributed by atoms with Crippen LogP contribution in [0.4, 0.5) is 0 Å². The third-order valence-electron chi connectivity index (χ3n) is 6.81. The van der Waals surface area contributed by atoms with Crippen molar-refractivity contribution in [1.82, 2.24) is 14.3 Å². The number of halogens is 1. The molecule has 0 amide bonds. The highest BCUT2D eigenvalue weighted by Crippen LogP contribution is 2.37. The first-order chi connectivity index (χ1) is 18.0. The number of ether oxygens (including phenoxy) is 2. The molecule has 0 saturated carbocycles. The minimum atomic E-state index is -3.62. The Bertz CT molecular complexity index is 1320. The molecular formula is C25H34ClN3O7S2. The first-order valence-corrected chi connectivity index (χ1v) is 15.9. The summed E-state index contributed by atoms with van der Waals surface area (Å²) in [4.78, 5) is 0.291. The third kappa shape index (κ3) is 7.05. The van der Waals surface area contributed by atoms with Gasteiger partial charge in [0.1, 0.15) is 18.5 Å². The molecule has 2 unspecified atom stereocenters. The van der Waals surface area contributed by atoms with E-state index in [9.17, 15) is 21.9 Å². The lowest BCUT2D eigenvalue weighted by molar-refractivity contribution is -0.0312. The summed E-state index contributed by atoms with van der Waals surface area (Å²) in [5, 5.41) is 14.1. The van der Waals surface area contributed by atoms with E-state index in [0.717, 1.165) is 6.42 Å². The highest BCUT2D eigenvalue weighted by Gasteiger charge is 2.44. The van der Waals surface area contributed by atoms with Crippen molar-refractivity contribution >= 4 is 31.6 Å². The first kappa shape index (κ1) is 29.2. The van der Waals surface area contributed by atoms with Crippen molar-refractivity contribution in [3.8, 4) is 5.75 Å². The number of rotatable bonds is 11. The third-order valence-corrected chi connectivity index (χ3v) is 10.5. The Morgan fingerprint density at radius 3 is 2.55 bits per heavy atom. The van der Waals surface area contributed by atoms with Crippen molar-refractivity contribution < 1.29 is 31.4 Å². The summed E-state index contributed by atoms with van der Waals surface area (Å²) in [6.07, 6.45) is 1.08. The lowest BCUT2D eigenvalue weighted by Crippen LogP contribution is -2.47. The molecule has 0 aliphatic carbocycles. The molecule has 210 valence electrons. The SMILES string of the molecule is CCNS(=O)(=O)c1cccc(OCC(O)CNC2COC3(CCN(S(=O)(=O)c4cccc(Cl)c4)CC3)C2)c1. The minimum Gasteiger partial charge on any atom is -0.491 e. The monoisotopic (exact) mass is 587 g/mol. The average Bonchev–Trinajstić information content (AvgIpc) is 3.28. The van der Waals surface area contributed by atoms with Crippen LogP contribution in [-0.2, 0) is 24.8 Å². The summed E-state index contributed by atoms with van der Waals surface area (Å²) in [5.41, 5.74) is -0.391. The molecule has 10 nitrogen and oxygen atoms in total. The van der Waals surface area contributed by atoms with E-state index in [2.05, 4.69) is 10.0 Å². The molecule has 13 heteroatoms. The van der Waals surface area contributed by atoms with Gasteiger partial charge >= 0.3 is 0 Å². The Labute approximate surface area is 229 Å². The number of hydrogen-bond donors (Lipinski definition) is 3. The molecule has 2 aromatic rings. The predicted octanol–water partition coefficient (Wildman–Crippen LogP) is 1.98. The van der Waals surface area contributed by atoms with Gasteiger partial charge in [-0.2, -0.15) is 4.31 Å². The Morgan fingerprint density at radius 1 is 1.13 bits per heavy atom. The molecule has 2 aromatic carbocycles. The zero-order valence-electron chi connectivity index (χ0n) is 21.2. The Hall–Kier alpha value is -1.77. The lowest BCUT2D eigenvalue weighted by Gasteiger charge is -2.38. The summed E-state index contributed by atoms with van der Waals surface area (Å²) >= 11 is 5.98. The first-order valence-electron chi connectivity index (χ1n) is 12.6. The van der Waals surface area contributed by atoms with Crippen LogP contribution in [-0.4, -0.2) is 83.4 Å². The molecule has 2 aliphatic rings. The molecule has 2 heterocycles. The summed E-state index contributed by atoms with van der Waals surface area (Å²) < 4.78 is 66.0. The molecule has 0 bridgehead atoms. The molecule has 2 fully saturated rings. The maximum Gasteiger partial charge on any atom is 0.243 e. The Balaban J connectivity index is 1.22. The standard InChI is InChI=1S/C25H34ClN3O7S2/c1-2-28-37(31,32)23-7-4-6-22(14-23)35-18-21(30)16-27-20-15-25(36-17-20)9-11-29(12-10-25)38(33,34)24-8-3-5-19(26)13-24/h3-8,13-14,20-21,27-28,30H,2,9-12,15-18H2,1H3. The van der Waals surface area contributed by atoms with Crippen LogP contribution in [0.5, 0.6) is 5.75 Å². The number of nitrogens with zero attached hydrogens (tertiary/aromatic N) is 1. The highest BCUT2D eigenvalue weighted by atomic mass is 35.5. The van der Waals surface area contributed by atoms with Crippen LogP contribution in [0.3, 0.4) is 0 Å². The average molecular weight is 588 g/mol. The molecule has 38 heavy (non-hydrogen) atoms. The minimum absolute atomic E-state index is 0.00719. The van der Waals surface area contributed by atoms with Gasteiger partial charge in [-0.15, -0.1) is 0 Å². The van der Waals surface area contributed by atoms with Crippen LogP contribution in [0.1, 0.15) is 26.2 Å². The van der Waals surface area contributed by atoms with Crippen LogP contribution >= 0.6 is 11.6 Å². The van der Waals surface area contributed by atoms with E-state index in [1.807, 2.05) is 0 Å². The van der Waals surface area contributed by atoms with E-state index in [0.29, 0.717) is 43.3 Å². The molecule has 2 aliphatic heterocycles. The fraction of sp³-hybridized carbons (Fsp3) is 0.520. The Morgan fingerprint density at radius 2 is 1.84 bits per heavy atom. The number of aliphatic hydroxyl groups excluding tert-OH is 1. The number of benzene rings is 2. The van der Waals surface area contributed by atoms with Crippen molar-refractivity contribution in [1.29, 1.82) is 0 Å². The van der Waals surface area contributed by atoms with Crippen molar-refractivity contribution in [2.75, 3.05) is 39.4 Å². The molecule has 0 aromatic heterocycles. The molecule has 2 atom stereocenters. The van der Waals surface area contributed by atoms with Crippen LogP contribution in [0.2, 0.25) is 5.02 Å². The number of sulfonamides is 2. The van der Waals surface area contributed by atoms with Crippen LogP contribution < -0.4 is 14.8 Å². The van der Waals surface area contributed by atoms with E-state index in [1.165, 1.54) is 22.5 Å². The van der Waals surface area contributed by atoms with E-state index >= 15 is 0 Å². The molecule has 3 N–H and O–H groups in total. The van der Waals surface area contributed by atoms with Gasteiger partial charge in [-0.05, 0) is 49.6 Å². The number of aliphatic hydroxyl groups is 1. The fourth-order valence-corrected chi connectivity index (χ4v) is 7.61. The van der Waals surface area contributed by atoms with E-state index in [-0.39, 0.29) is 35.5 Å². The second kappa shape index (κ2) is 12.2. The lowest BCUT2D eigenvalue weighted by atomic mass is 9.88. The maximum absolute atomic E-state index is 13.0. The molecular weight excluding hydrogens is 554 g/mol. The summed E-state index contributed by atoms with van der Waals surface area (Å²) in [6, 6.07) is 12.4.